The van der Waals surface area contributed by atoms with Gasteiger partial charge in [-0.15, -0.1) is 0 Å². The van der Waals surface area contributed by atoms with Crippen molar-refractivity contribution in [2.24, 2.45) is 0 Å². The van der Waals surface area contributed by atoms with E-state index >= 15 is 0 Å². The Hall–Kier alpha value is -1.77. The molecule has 8 heteroatoms. The minimum absolute atomic E-state index is 0.0697. The Morgan fingerprint density at radius 3 is 2.72 bits per heavy atom. The molecule has 0 spiro atoms. The minimum atomic E-state index is -3.54. The highest BCUT2D eigenvalue weighted by Crippen LogP contribution is 2.20. The average Bonchev–Trinajstić information content (AvgIpc) is 2.87. The molecule has 1 saturated heterocycles. The van der Waals surface area contributed by atoms with Gasteiger partial charge in [-0.2, -0.15) is 8.42 Å². The van der Waals surface area contributed by atoms with Gasteiger partial charge in [0.2, 0.25) is 5.91 Å². The molecule has 0 unspecified atom stereocenters. The molecule has 6 nitrogen and oxygen atoms in total. The van der Waals surface area contributed by atoms with Crippen LogP contribution < -0.4 is 0 Å². The maximum atomic E-state index is 12.9. The van der Waals surface area contributed by atoms with Crippen LogP contribution in [0.25, 0.3) is 0 Å². The van der Waals surface area contributed by atoms with Crippen molar-refractivity contribution in [2.75, 3.05) is 19.4 Å². The Morgan fingerprint density at radius 2 is 2.08 bits per heavy atom. The smallest absolute Gasteiger partial charge is 0.264 e. The van der Waals surface area contributed by atoms with Crippen molar-refractivity contribution in [2.45, 2.75) is 31.4 Å². The van der Waals surface area contributed by atoms with Crippen LogP contribution in [0, 0.1) is 5.82 Å². The summed E-state index contributed by atoms with van der Waals surface area (Å²) in [5, 5.41) is 10.1. The molecule has 138 valence electrons. The van der Waals surface area contributed by atoms with E-state index in [4.69, 9.17) is 0 Å². The van der Waals surface area contributed by atoms with E-state index in [1.165, 1.54) is 12.1 Å². The SMILES string of the molecule is CS(=O)(=O)OCCN1C(=O)CC[C@@H]1/C=C/[C@@H](O)Cc1ccc(F)cc1. The zero-order valence-corrected chi connectivity index (χ0v) is 14.8. The van der Waals surface area contributed by atoms with E-state index in [1.54, 1.807) is 29.2 Å². The molecule has 0 saturated carbocycles. The molecule has 1 heterocycles. The summed E-state index contributed by atoms with van der Waals surface area (Å²) in [7, 11) is -3.54. The van der Waals surface area contributed by atoms with Crippen molar-refractivity contribution >= 4 is 16.0 Å². The van der Waals surface area contributed by atoms with Gasteiger partial charge in [-0.05, 0) is 24.1 Å². The zero-order valence-electron chi connectivity index (χ0n) is 14.0. The molecule has 25 heavy (non-hydrogen) atoms. The number of nitrogens with zero attached hydrogens (tertiary/aromatic N) is 1. The zero-order chi connectivity index (χ0) is 18.4. The van der Waals surface area contributed by atoms with Crippen LogP contribution in [-0.2, 0) is 25.5 Å². The molecule has 1 fully saturated rings. The lowest BCUT2D eigenvalue weighted by Gasteiger charge is -2.22. The number of carbonyl (C=O) groups excluding carboxylic acids is 1. The molecule has 0 aromatic heterocycles. The molecule has 1 aliphatic heterocycles. The molecular formula is C17H22FNO5S. The van der Waals surface area contributed by atoms with E-state index in [0.717, 1.165) is 11.8 Å². The Morgan fingerprint density at radius 1 is 1.40 bits per heavy atom. The van der Waals surface area contributed by atoms with Crippen LogP contribution in [-0.4, -0.2) is 55.9 Å². The average molecular weight is 371 g/mol. The fourth-order valence-electron chi connectivity index (χ4n) is 2.72. The normalized spacial score (nSPS) is 19.7. The summed E-state index contributed by atoms with van der Waals surface area (Å²) in [6.07, 6.45) is 4.89. The maximum absolute atomic E-state index is 12.9. The second kappa shape index (κ2) is 8.55. The van der Waals surface area contributed by atoms with Crippen LogP contribution in [0.5, 0.6) is 0 Å². The fourth-order valence-corrected chi connectivity index (χ4v) is 3.10. The van der Waals surface area contributed by atoms with Gasteiger partial charge < -0.3 is 10.0 Å². The number of amides is 1. The first-order valence-corrected chi connectivity index (χ1v) is 9.81. The van der Waals surface area contributed by atoms with Crippen LogP contribution in [0.4, 0.5) is 4.39 Å². The van der Waals surface area contributed by atoms with Gasteiger partial charge in [0, 0.05) is 19.4 Å². The third-order valence-corrected chi connectivity index (χ3v) is 4.51. The summed E-state index contributed by atoms with van der Waals surface area (Å²) < 4.78 is 39.5. The number of carbonyl (C=O) groups is 1. The predicted octanol–water partition coefficient (Wildman–Crippen LogP) is 1.25. The van der Waals surface area contributed by atoms with Crippen LogP contribution in [0.2, 0.25) is 0 Å². The molecule has 1 amide bonds. The highest BCUT2D eigenvalue weighted by molar-refractivity contribution is 7.85. The molecule has 0 aliphatic carbocycles. The van der Waals surface area contributed by atoms with Gasteiger partial charge in [0.1, 0.15) is 5.82 Å². The lowest BCUT2D eigenvalue weighted by atomic mass is 10.1. The van der Waals surface area contributed by atoms with Gasteiger partial charge in [-0.3, -0.25) is 8.98 Å². The highest BCUT2D eigenvalue weighted by Gasteiger charge is 2.29. The van der Waals surface area contributed by atoms with E-state index in [1.807, 2.05) is 0 Å². The van der Waals surface area contributed by atoms with Crippen LogP contribution in [0.1, 0.15) is 18.4 Å². The van der Waals surface area contributed by atoms with Crippen molar-refractivity contribution in [3.63, 3.8) is 0 Å². The molecular weight excluding hydrogens is 349 g/mol. The fraction of sp³-hybridized carbons (Fsp3) is 0.471. The maximum Gasteiger partial charge on any atom is 0.264 e. The first-order chi connectivity index (χ1) is 11.7. The van der Waals surface area contributed by atoms with Crippen LogP contribution >= 0.6 is 0 Å². The number of aliphatic hydroxyl groups is 1. The first-order valence-electron chi connectivity index (χ1n) is 7.99. The number of aliphatic hydroxyl groups excluding tert-OH is 1. The predicted molar refractivity (Wildman–Crippen MR) is 90.8 cm³/mol. The quantitative estimate of drug-likeness (QED) is 0.549. The van der Waals surface area contributed by atoms with Crippen molar-refractivity contribution in [1.82, 2.24) is 4.90 Å². The van der Waals surface area contributed by atoms with Crippen molar-refractivity contribution < 1.29 is 26.9 Å². The molecule has 2 rings (SSSR count). The molecule has 1 aromatic carbocycles. The van der Waals surface area contributed by atoms with E-state index in [0.29, 0.717) is 19.3 Å². The van der Waals surface area contributed by atoms with Gasteiger partial charge in [-0.1, -0.05) is 24.3 Å². The molecule has 1 aromatic rings. The standard InChI is InChI=1S/C17H22FNO5S/c1-25(22,23)24-11-10-19-15(7-9-17(19)21)6-8-16(20)12-13-2-4-14(18)5-3-13/h2-6,8,15-16,20H,7,9-12H2,1H3/b8-6+/t15-,16+/m0/s1. The summed E-state index contributed by atoms with van der Waals surface area (Å²) >= 11 is 0. The summed E-state index contributed by atoms with van der Waals surface area (Å²) in [6.45, 7) is 0.0853. The number of hydrogen-bond acceptors (Lipinski definition) is 5. The van der Waals surface area contributed by atoms with E-state index in [9.17, 15) is 22.7 Å². The monoisotopic (exact) mass is 371 g/mol. The molecule has 0 radical (unpaired) electrons. The Bertz CT molecular complexity index is 717. The van der Waals surface area contributed by atoms with Gasteiger partial charge in [0.05, 0.1) is 25.0 Å². The number of hydrogen-bond donors (Lipinski definition) is 1. The first kappa shape index (κ1) is 19.6. The second-order valence-corrected chi connectivity index (χ2v) is 7.65. The highest BCUT2D eigenvalue weighted by atomic mass is 32.2. The van der Waals surface area contributed by atoms with Crippen molar-refractivity contribution in [1.29, 1.82) is 0 Å². The Labute approximate surface area is 147 Å². The summed E-state index contributed by atoms with van der Waals surface area (Å²) in [5.74, 6) is -0.398. The van der Waals surface area contributed by atoms with Crippen LogP contribution in [0.15, 0.2) is 36.4 Å². The van der Waals surface area contributed by atoms with Crippen molar-refractivity contribution in [3.05, 3.63) is 47.8 Å². The topological polar surface area (TPSA) is 83.9 Å². The molecule has 1 N–H and O–H groups in total. The lowest BCUT2D eigenvalue weighted by Crippen LogP contribution is -2.35. The number of likely N-dealkylation sites (tertiary alicyclic amines) is 1. The Balaban J connectivity index is 1.88. The minimum Gasteiger partial charge on any atom is -0.389 e. The van der Waals surface area contributed by atoms with Gasteiger partial charge in [-0.25, -0.2) is 4.39 Å². The second-order valence-electron chi connectivity index (χ2n) is 6.00. The van der Waals surface area contributed by atoms with E-state index in [2.05, 4.69) is 4.18 Å². The third kappa shape index (κ3) is 6.56. The van der Waals surface area contributed by atoms with Gasteiger partial charge in [0.25, 0.3) is 10.1 Å². The summed E-state index contributed by atoms with van der Waals surface area (Å²) in [4.78, 5) is 13.4. The largest absolute Gasteiger partial charge is 0.389 e. The number of rotatable bonds is 8. The Kier molecular flexibility index (Phi) is 6.69. The lowest BCUT2D eigenvalue weighted by molar-refractivity contribution is -0.128. The van der Waals surface area contributed by atoms with Crippen molar-refractivity contribution in [3.8, 4) is 0 Å². The van der Waals surface area contributed by atoms with Gasteiger partial charge >= 0.3 is 0 Å². The summed E-state index contributed by atoms with van der Waals surface area (Å²) in [6, 6.07) is 5.70. The molecule has 0 bridgehead atoms. The number of benzene rings is 1. The third-order valence-electron chi connectivity index (χ3n) is 3.92. The van der Waals surface area contributed by atoms with E-state index < -0.39 is 16.2 Å². The summed E-state index contributed by atoms with van der Waals surface area (Å²) in [5.41, 5.74) is 0.805. The number of halogens is 1. The van der Waals surface area contributed by atoms with Crippen LogP contribution in [0.3, 0.4) is 0 Å². The molecule has 1 aliphatic rings. The van der Waals surface area contributed by atoms with Gasteiger partial charge in [0.15, 0.2) is 0 Å². The molecule has 2 atom stereocenters. The van der Waals surface area contributed by atoms with E-state index in [-0.39, 0.29) is 30.9 Å².